The van der Waals surface area contributed by atoms with E-state index in [2.05, 4.69) is 0 Å². The number of thiol groups is 1. The molecule has 0 amide bonds. The molecule has 0 spiro atoms. The molecular formula is C6H11F5O2S. The third-order valence-corrected chi connectivity index (χ3v) is 1.89. The van der Waals surface area contributed by atoms with Crippen LogP contribution in [0.15, 0.2) is 0 Å². The summed E-state index contributed by atoms with van der Waals surface area (Å²) in [7, 11) is -2.24. The number of rotatable bonds is 0. The molecule has 14 heavy (non-hydrogen) atoms. The molecule has 0 unspecified atom stereocenters. The molecule has 0 fully saturated rings. The summed E-state index contributed by atoms with van der Waals surface area (Å²) in [5.74, 6) is 0. The van der Waals surface area contributed by atoms with Gasteiger partial charge in [0.25, 0.3) is 0 Å². The van der Waals surface area contributed by atoms with E-state index in [9.17, 15) is 30.4 Å². The predicted octanol–water partition coefficient (Wildman–Crippen LogP) is 2.21. The summed E-state index contributed by atoms with van der Waals surface area (Å²) in [5, 5.41) is 0. The summed E-state index contributed by atoms with van der Waals surface area (Å²) in [6.45, 7) is 5.00. The highest BCUT2D eigenvalue weighted by Crippen LogP contribution is 2.22. The Labute approximate surface area is 80.1 Å². The van der Waals surface area contributed by atoms with Gasteiger partial charge < -0.3 is 0 Å². The van der Waals surface area contributed by atoms with Crippen LogP contribution in [0.3, 0.4) is 0 Å². The van der Waals surface area contributed by atoms with Gasteiger partial charge in [0, 0.05) is 0 Å². The lowest BCUT2D eigenvalue weighted by molar-refractivity contribution is -0.219. The second kappa shape index (κ2) is 5.47. The maximum absolute atomic E-state index is 10.4. The fourth-order valence-electron chi connectivity index (χ4n) is 0. The molecule has 0 aromatic rings. The van der Waals surface area contributed by atoms with Gasteiger partial charge in [-0.1, -0.05) is 0 Å². The molecule has 0 rings (SSSR count). The van der Waals surface area contributed by atoms with E-state index >= 15 is 0 Å². The molecule has 0 aromatic heterocycles. The van der Waals surface area contributed by atoms with Crippen LogP contribution in [0, 0.1) is 0 Å². The van der Waals surface area contributed by atoms with Crippen LogP contribution in [0.1, 0.15) is 20.8 Å². The fraction of sp³-hybridized carbons (Fsp3) is 1.00. The van der Waals surface area contributed by atoms with Crippen molar-refractivity contribution in [3.05, 3.63) is 0 Å². The summed E-state index contributed by atoms with van der Waals surface area (Å²) in [4.78, 5) is 0. The Morgan fingerprint density at radius 2 is 1.14 bits per heavy atom. The smallest absolute Gasteiger partial charge is 0.231 e. The average molecular weight is 242 g/mol. The molecule has 0 radical (unpaired) electrons. The second-order valence-corrected chi connectivity index (χ2v) is 5.13. The lowest BCUT2D eigenvalue weighted by atomic mass is 10.3. The van der Waals surface area contributed by atoms with Gasteiger partial charge in [-0.05, 0) is 20.8 Å². The Kier molecular flexibility index (Phi) is 6.27. The first-order valence-corrected chi connectivity index (χ1v) is 4.56. The highest BCUT2D eigenvalue weighted by molar-refractivity contribution is 7.73. The third kappa shape index (κ3) is 9.69. The van der Waals surface area contributed by atoms with Crippen LogP contribution in [0.5, 0.6) is 0 Å². The van der Waals surface area contributed by atoms with Gasteiger partial charge in [0.15, 0.2) is 0 Å². The van der Waals surface area contributed by atoms with Crippen molar-refractivity contribution in [2.75, 3.05) is 0 Å². The predicted molar refractivity (Wildman–Crippen MR) is 42.1 cm³/mol. The minimum absolute atomic E-state index is 0.546. The van der Waals surface area contributed by atoms with Crippen molar-refractivity contribution < 1.29 is 30.4 Å². The average Bonchev–Trinajstić information content (AvgIpc) is 1.83. The van der Waals surface area contributed by atoms with E-state index in [1.54, 1.807) is 20.8 Å². The molecule has 0 bridgehead atoms. The monoisotopic (exact) mass is 242 g/mol. The molecule has 0 heterocycles. The van der Waals surface area contributed by atoms with Crippen LogP contribution in [-0.4, -0.2) is 25.8 Å². The number of alkyl halides is 5. The van der Waals surface area contributed by atoms with Crippen molar-refractivity contribution in [1.82, 2.24) is 0 Å². The molecule has 88 valence electrons. The van der Waals surface area contributed by atoms with Gasteiger partial charge in [-0.15, -0.1) is 0 Å². The lowest BCUT2D eigenvalue weighted by Crippen LogP contribution is -2.18. The minimum Gasteiger partial charge on any atom is -0.231 e. The fourth-order valence-corrected chi connectivity index (χ4v) is 0. The molecule has 0 saturated heterocycles. The normalized spacial score (nSPS) is 12.7. The van der Waals surface area contributed by atoms with Crippen LogP contribution < -0.4 is 0 Å². The Hall–Kier alpha value is -0.400. The summed E-state index contributed by atoms with van der Waals surface area (Å²) >= 11 is 0. The zero-order valence-electron chi connectivity index (χ0n) is 7.73. The Morgan fingerprint density at radius 3 is 1.14 bits per heavy atom. The first kappa shape index (κ1) is 16.0. The van der Waals surface area contributed by atoms with Gasteiger partial charge in [-0.25, -0.2) is 17.2 Å². The first-order valence-electron chi connectivity index (χ1n) is 3.38. The van der Waals surface area contributed by atoms with Crippen molar-refractivity contribution in [3.63, 3.8) is 0 Å². The first-order chi connectivity index (χ1) is 5.89. The molecule has 8 heteroatoms. The summed E-state index contributed by atoms with van der Waals surface area (Å²) in [6.07, 6.45) is -9.53. The largest absolute Gasteiger partial charge is 0.450 e. The van der Waals surface area contributed by atoms with Crippen molar-refractivity contribution in [1.29, 1.82) is 0 Å². The van der Waals surface area contributed by atoms with Crippen LogP contribution in [0.25, 0.3) is 0 Å². The zero-order valence-corrected chi connectivity index (χ0v) is 8.63. The SMILES string of the molecule is CC(C)(C)[SH](=O)=O.FC(F)C(F)(F)F. The van der Waals surface area contributed by atoms with Crippen molar-refractivity contribution in [3.8, 4) is 0 Å². The second-order valence-electron chi connectivity index (χ2n) is 3.27. The van der Waals surface area contributed by atoms with E-state index < -0.39 is 28.1 Å². The highest BCUT2D eigenvalue weighted by Gasteiger charge is 2.40. The molecule has 0 aliphatic heterocycles. The third-order valence-electron chi connectivity index (χ3n) is 0.795. The Morgan fingerprint density at radius 1 is 1.00 bits per heavy atom. The number of halogens is 5. The molecule has 0 aromatic carbocycles. The molecule has 0 atom stereocenters. The molecule has 0 N–H and O–H groups in total. The standard InChI is InChI=1S/C4H10O2S.C2HF5/c1-4(2,3)7(5)6;3-1(4)2(5,6)7/h7H,1-3H3;1H. The number of hydrogen-bond acceptors (Lipinski definition) is 2. The van der Waals surface area contributed by atoms with E-state index in [1.165, 1.54) is 0 Å². The van der Waals surface area contributed by atoms with E-state index in [1.807, 2.05) is 0 Å². The van der Waals surface area contributed by atoms with Crippen LogP contribution in [-0.2, 0) is 10.7 Å². The van der Waals surface area contributed by atoms with Gasteiger partial charge in [0.1, 0.15) is 10.7 Å². The van der Waals surface area contributed by atoms with E-state index in [0.717, 1.165) is 0 Å². The maximum Gasteiger partial charge on any atom is 0.450 e. The van der Waals surface area contributed by atoms with Crippen molar-refractivity contribution in [2.45, 2.75) is 38.1 Å². The summed E-state index contributed by atoms with van der Waals surface area (Å²) in [6, 6.07) is 0. The molecule has 0 aliphatic rings. The quantitative estimate of drug-likeness (QED) is 0.522. The maximum atomic E-state index is 10.4. The van der Waals surface area contributed by atoms with E-state index in [0.29, 0.717) is 0 Å². The highest BCUT2D eigenvalue weighted by atomic mass is 32.2. The van der Waals surface area contributed by atoms with Crippen LogP contribution >= 0.6 is 0 Å². The molecule has 0 saturated carbocycles. The van der Waals surface area contributed by atoms with Gasteiger partial charge in [-0.2, -0.15) is 13.2 Å². The molecular weight excluding hydrogens is 231 g/mol. The van der Waals surface area contributed by atoms with Gasteiger partial charge >= 0.3 is 12.6 Å². The summed E-state index contributed by atoms with van der Waals surface area (Å²) in [5.41, 5.74) is 0. The van der Waals surface area contributed by atoms with Crippen molar-refractivity contribution in [2.24, 2.45) is 0 Å². The summed E-state index contributed by atoms with van der Waals surface area (Å²) < 4.78 is 71.7. The van der Waals surface area contributed by atoms with Gasteiger partial charge in [0.2, 0.25) is 0 Å². The van der Waals surface area contributed by atoms with Gasteiger partial charge in [0.05, 0.1) is 4.75 Å². The van der Waals surface area contributed by atoms with Crippen molar-refractivity contribution >= 4 is 10.7 Å². The molecule has 2 nitrogen and oxygen atoms in total. The zero-order chi connectivity index (χ0) is 12.2. The van der Waals surface area contributed by atoms with Gasteiger partial charge in [-0.3, -0.25) is 0 Å². The number of hydrogen-bond donors (Lipinski definition) is 1. The van der Waals surface area contributed by atoms with Crippen LogP contribution in [0.2, 0.25) is 0 Å². The lowest BCUT2D eigenvalue weighted by Gasteiger charge is -2.05. The Bertz CT molecular complexity index is 217. The van der Waals surface area contributed by atoms with E-state index in [4.69, 9.17) is 0 Å². The minimum atomic E-state index is -5.33. The van der Waals surface area contributed by atoms with Crippen LogP contribution in [0.4, 0.5) is 22.0 Å². The topological polar surface area (TPSA) is 34.1 Å². The molecule has 0 aliphatic carbocycles. The van der Waals surface area contributed by atoms with E-state index in [-0.39, 0.29) is 0 Å². The Balaban J connectivity index is 0.